The molecule has 0 saturated carbocycles. The first-order valence-corrected chi connectivity index (χ1v) is 6.17. The lowest BCUT2D eigenvalue weighted by Gasteiger charge is -2.06. The van der Waals surface area contributed by atoms with Crippen LogP contribution in [-0.4, -0.2) is 18.9 Å². The predicted molar refractivity (Wildman–Crippen MR) is 58.2 cm³/mol. The van der Waals surface area contributed by atoms with E-state index in [1.807, 2.05) is 0 Å². The Morgan fingerprint density at radius 3 is 2.50 bits per heavy atom. The molecule has 0 heterocycles. The minimum Gasteiger partial charge on any atom is -0.285 e. The number of hydrogen-bond acceptors (Lipinski definition) is 3. The molecule has 0 aliphatic rings. The molecule has 1 aromatic carbocycles. The lowest BCUT2D eigenvalue weighted by atomic mass is 10.0. The van der Waals surface area contributed by atoms with E-state index >= 15 is 0 Å². The summed E-state index contributed by atoms with van der Waals surface area (Å²) in [5.41, 5.74) is 8.64. The van der Waals surface area contributed by atoms with E-state index in [0.29, 0.717) is 16.7 Å². The first-order chi connectivity index (χ1) is 7.28. The highest BCUT2D eigenvalue weighted by atomic mass is 32.2. The molecule has 0 unspecified atom stereocenters. The third-order valence-electron chi connectivity index (χ3n) is 2.11. The van der Waals surface area contributed by atoms with Gasteiger partial charge in [0.05, 0.1) is 6.42 Å². The molecule has 0 atom stereocenters. The van der Waals surface area contributed by atoms with Gasteiger partial charge >= 0.3 is 0 Å². The molecule has 0 aliphatic heterocycles. The van der Waals surface area contributed by atoms with Crippen molar-refractivity contribution in [3.63, 3.8) is 0 Å². The number of aryl methyl sites for hydroxylation is 1. The van der Waals surface area contributed by atoms with Gasteiger partial charge in [-0.25, -0.2) is 0 Å². The first-order valence-electron chi connectivity index (χ1n) is 4.56. The molecule has 1 aromatic rings. The molecule has 1 amide bonds. The standard InChI is InChI=1S/C10H12NO4S/c1-7-4-8(5-10(11)12)2-3-9(7)6-16(13,14)15/h2-4,11H,5-6H2,1H3,(H,13,14,15). The molecule has 87 valence electrons. The summed E-state index contributed by atoms with van der Waals surface area (Å²) >= 11 is 0. The highest BCUT2D eigenvalue weighted by Crippen LogP contribution is 2.14. The molecule has 0 fully saturated rings. The highest BCUT2D eigenvalue weighted by Gasteiger charge is 2.10. The maximum Gasteiger partial charge on any atom is 0.269 e. The molecule has 2 N–H and O–H groups in total. The largest absolute Gasteiger partial charge is 0.285 e. The smallest absolute Gasteiger partial charge is 0.269 e. The summed E-state index contributed by atoms with van der Waals surface area (Å²) in [6.07, 6.45) is 0.00694. The zero-order valence-corrected chi connectivity index (χ0v) is 9.54. The minimum atomic E-state index is -4.04. The molecule has 0 aromatic heterocycles. The maximum absolute atomic E-state index is 10.7. The molecule has 0 spiro atoms. The van der Waals surface area contributed by atoms with E-state index in [-0.39, 0.29) is 6.42 Å². The van der Waals surface area contributed by atoms with Crippen molar-refractivity contribution in [2.45, 2.75) is 19.1 Å². The lowest BCUT2D eigenvalue weighted by Crippen LogP contribution is -2.06. The van der Waals surface area contributed by atoms with E-state index in [2.05, 4.69) is 0 Å². The van der Waals surface area contributed by atoms with Crippen LogP contribution in [0.4, 0.5) is 0 Å². The number of carbonyl (C=O) groups excluding carboxylic acids is 1. The topological polar surface area (TPSA) is 95.2 Å². The molecule has 5 nitrogen and oxygen atoms in total. The summed E-state index contributed by atoms with van der Waals surface area (Å²) in [4.78, 5) is 10.6. The summed E-state index contributed by atoms with van der Waals surface area (Å²) in [6, 6.07) is 4.77. The number of rotatable bonds is 4. The van der Waals surface area contributed by atoms with Crippen LogP contribution >= 0.6 is 0 Å². The summed E-state index contributed by atoms with van der Waals surface area (Å²) in [5.74, 6) is -1.13. The average Bonchev–Trinajstić information content (AvgIpc) is 2.06. The minimum absolute atomic E-state index is 0.00694. The van der Waals surface area contributed by atoms with Crippen molar-refractivity contribution in [3.8, 4) is 0 Å². The van der Waals surface area contributed by atoms with Crippen molar-refractivity contribution in [1.82, 2.24) is 5.73 Å². The quantitative estimate of drug-likeness (QED) is 0.787. The second kappa shape index (κ2) is 4.63. The van der Waals surface area contributed by atoms with E-state index in [1.165, 1.54) is 0 Å². The van der Waals surface area contributed by atoms with Gasteiger partial charge in [0.25, 0.3) is 10.1 Å². The van der Waals surface area contributed by atoms with Crippen LogP contribution in [0.15, 0.2) is 18.2 Å². The fourth-order valence-corrected chi connectivity index (χ4v) is 2.13. The monoisotopic (exact) mass is 242 g/mol. The van der Waals surface area contributed by atoms with Crippen molar-refractivity contribution in [2.24, 2.45) is 0 Å². The molecule has 16 heavy (non-hydrogen) atoms. The Labute approximate surface area is 94.0 Å². The zero-order valence-electron chi connectivity index (χ0n) is 8.73. The maximum atomic E-state index is 10.7. The van der Waals surface area contributed by atoms with E-state index in [1.54, 1.807) is 25.1 Å². The van der Waals surface area contributed by atoms with Crippen LogP contribution in [0.25, 0.3) is 0 Å². The Hall–Kier alpha value is -1.40. The van der Waals surface area contributed by atoms with Crippen LogP contribution < -0.4 is 5.73 Å². The van der Waals surface area contributed by atoms with Gasteiger partial charge in [0.1, 0.15) is 5.75 Å². The summed E-state index contributed by atoms with van der Waals surface area (Å²) < 4.78 is 30.1. The number of hydrogen-bond donors (Lipinski definition) is 1. The predicted octanol–water partition coefficient (Wildman–Crippen LogP) is 0.735. The Kier molecular flexibility index (Phi) is 3.66. The summed E-state index contributed by atoms with van der Waals surface area (Å²) in [5, 5.41) is 0. The molecular weight excluding hydrogens is 230 g/mol. The fourth-order valence-electron chi connectivity index (χ4n) is 1.41. The van der Waals surface area contributed by atoms with Crippen LogP contribution in [0, 0.1) is 6.92 Å². The third kappa shape index (κ3) is 4.00. The first kappa shape index (κ1) is 12.7. The van der Waals surface area contributed by atoms with Gasteiger partial charge in [-0.1, -0.05) is 18.2 Å². The van der Waals surface area contributed by atoms with Gasteiger partial charge < -0.3 is 0 Å². The molecule has 0 bridgehead atoms. The lowest BCUT2D eigenvalue weighted by molar-refractivity contribution is -0.118. The molecular formula is C10H12NO4S. The second-order valence-electron chi connectivity index (χ2n) is 3.59. The van der Waals surface area contributed by atoms with Crippen LogP contribution in [-0.2, 0) is 27.1 Å². The number of benzene rings is 1. The molecule has 0 saturated heterocycles. The van der Waals surface area contributed by atoms with Gasteiger partial charge in [-0.2, -0.15) is 8.42 Å². The second-order valence-corrected chi connectivity index (χ2v) is 5.04. The Bertz CT molecular complexity index is 508. The Morgan fingerprint density at radius 1 is 1.44 bits per heavy atom. The highest BCUT2D eigenvalue weighted by molar-refractivity contribution is 7.85. The van der Waals surface area contributed by atoms with Gasteiger partial charge in [0.2, 0.25) is 5.91 Å². The Balaban J connectivity index is 2.96. The van der Waals surface area contributed by atoms with Crippen LogP contribution in [0.2, 0.25) is 0 Å². The molecule has 0 aliphatic carbocycles. The van der Waals surface area contributed by atoms with Crippen molar-refractivity contribution < 1.29 is 17.8 Å². The molecule has 1 radical (unpaired) electrons. The number of nitrogens with one attached hydrogen (secondary N) is 1. The number of amides is 1. The van der Waals surface area contributed by atoms with Crippen LogP contribution in [0.3, 0.4) is 0 Å². The van der Waals surface area contributed by atoms with Crippen molar-refractivity contribution >= 4 is 16.0 Å². The van der Waals surface area contributed by atoms with Crippen LogP contribution in [0.1, 0.15) is 16.7 Å². The van der Waals surface area contributed by atoms with E-state index in [4.69, 9.17) is 10.3 Å². The van der Waals surface area contributed by atoms with Gasteiger partial charge in [-0.3, -0.25) is 15.1 Å². The normalized spacial score (nSPS) is 11.4. The molecule has 6 heteroatoms. The summed E-state index contributed by atoms with van der Waals surface area (Å²) in [7, 11) is -4.04. The number of carbonyl (C=O) groups is 1. The van der Waals surface area contributed by atoms with E-state index in [9.17, 15) is 13.2 Å². The van der Waals surface area contributed by atoms with Gasteiger partial charge in [0, 0.05) is 0 Å². The van der Waals surface area contributed by atoms with E-state index in [0.717, 1.165) is 0 Å². The van der Waals surface area contributed by atoms with Gasteiger partial charge in [-0.15, -0.1) is 0 Å². The fraction of sp³-hybridized carbons (Fsp3) is 0.300. The zero-order chi connectivity index (χ0) is 12.3. The third-order valence-corrected chi connectivity index (χ3v) is 2.79. The van der Waals surface area contributed by atoms with Crippen molar-refractivity contribution in [3.05, 3.63) is 34.9 Å². The van der Waals surface area contributed by atoms with Gasteiger partial charge in [0.15, 0.2) is 0 Å². The average molecular weight is 242 g/mol. The Morgan fingerprint density at radius 2 is 2.06 bits per heavy atom. The SMILES string of the molecule is Cc1cc(CC([NH])=O)ccc1CS(=O)(=O)O. The molecule has 1 rings (SSSR count). The van der Waals surface area contributed by atoms with Gasteiger partial charge in [-0.05, 0) is 23.6 Å². The van der Waals surface area contributed by atoms with Crippen molar-refractivity contribution in [1.29, 1.82) is 0 Å². The van der Waals surface area contributed by atoms with Crippen LogP contribution in [0.5, 0.6) is 0 Å². The van der Waals surface area contributed by atoms with Crippen molar-refractivity contribution in [2.75, 3.05) is 0 Å². The summed E-state index contributed by atoms with van der Waals surface area (Å²) in [6.45, 7) is 1.69. The van der Waals surface area contributed by atoms with E-state index < -0.39 is 21.8 Å².